The maximum atomic E-state index is 12.7. The fourth-order valence-electron chi connectivity index (χ4n) is 7.33. The Balaban J connectivity index is 1.06. The van der Waals surface area contributed by atoms with Crippen LogP contribution in [0.3, 0.4) is 0 Å². The van der Waals surface area contributed by atoms with Crippen LogP contribution in [0.5, 0.6) is 0 Å². The van der Waals surface area contributed by atoms with Crippen molar-refractivity contribution in [2.75, 3.05) is 37.8 Å². The minimum Gasteiger partial charge on any atom is -0.386 e. The van der Waals surface area contributed by atoms with E-state index in [0.29, 0.717) is 24.4 Å². The molecule has 4 rings (SSSR count). The lowest BCUT2D eigenvalue weighted by molar-refractivity contribution is -0.137. The first-order valence-corrected chi connectivity index (χ1v) is 28.2. The third kappa shape index (κ3) is 20.0. The summed E-state index contributed by atoms with van der Waals surface area (Å²) in [6, 6.07) is 0. The number of aliphatic hydroxyl groups excluding tert-OH is 2. The number of ether oxygens (including phenoxy) is 2. The SMILES string of the molecule is CCCCCCCCC1OC1CCCCCCCC(=O)SCCNC(=O)CCNC(=O)[C@H](O)C(C)(C)COP(=O)(O)OP(=O)(O)OC[C@H]1O[C@@H](n2cnc3c(N)ncnc32)[C@H](O)[C@@H]1OP(=O)(O)O. The molecule has 2 aliphatic heterocycles. The minimum atomic E-state index is -5.58. The van der Waals surface area contributed by atoms with Gasteiger partial charge in [-0.25, -0.2) is 28.6 Å². The number of anilines is 1. The number of nitrogen functional groups attached to an aromatic ring is 1. The molecular weight excluding hydrogens is 979 g/mol. The van der Waals surface area contributed by atoms with Crippen molar-refractivity contribution in [2.45, 2.75) is 160 Å². The van der Waals surface area contributed by atoms with Crippen LogP contribution >= 0.6 is 35.2 Å². The summed E-state index contributed by atoms with van der Waals surface area (Å²) in [6.45, 7) is 2.79. The average Bonchev–Trinajstić information content (AvgIpc) is 3.75. The van der Waals surface area contributed by atoms with Crippen molar-refractivity contribution in [2.24, 2.45) is 5.41 Å². The van der Waals surface area contributed by atoms with Crippen molar-refractivity contribution in [3.63, 3.8) is 0 Å². The number of carbonyl (C=O) groups excluding carboxylic acids is 3. The van der Waals surface area contributed by atoms with Gasteiger partial charge in [-0.2, -0.15) is 4.31 Å². The molecule has 2 saturated heterocycles. The second-order valence-electron chi connectivity index (χ2n) is 17.4. The molecule has 2 aliphatic rings. The summed E-state index contributed by atoms with van der Waals surface area (Å²) in [4.78, 5) is 88.4. The van der Waals surface area contributed by atoms with Gasteiger partial charge in [0.15, 0.2) is 22.8 Å². The summed E-state index contributed by atoms with van der Waals surface area (Å²) < 4.78 is 68.3. The van der Waals surface area contributed by atoms with Gasteiger partial charge in [-0.3, -0.25) is 32.5 Å². The Labute approximate surface area is 399 Å². The Bertz CT molecular complexity index is 2080. The maximum absolute atomic E-state index is 12.7. The molecule has 2 aromatic heterocycles. The van der Waals surface area contributed by atoms with Crippen molar-refractivity contribution in [3.8, 4) is 0 Å². The molecule has 25 nitrogen and oxygen atoms in total. The molecule has 2 fully saturated rings. The van der Waals surface area contributed by atoms with Gasteiger partial charge >= 0.3 is 23.5 Å². The molecule has 0 saturated carbocycles. The summed E-state index contributed by atoms with van der Waals surface area (Å²) in [6.07, 6.45) is 9.70. The highest BCUT2D eigenvalue weighted by atomic mass is 32.2. The third-order valence-corrected chi connectivity index (χ3v) is 15.2. The Morgan fingerprint density at radius 3 is 2.15 bits per heavy atom. The number of unbranched alkanes of at least 4 members (excludes halogenated alkanes) is 9. The van der Waals surface area contributed by atoms with Gasteiger partial charge in [-0.15, -0.1) is 0 Å². The number of hydrogen-bond acceptors (Lipinski definition) is 19. The maximum Gasteiger partial charge on any atom is 0.481 e. The number of thioether (sulfide) groups is 1. The van der Waals surface area contributed by atoms with Crippen LogP contribution in [0.2, 0.25) is 0 Å². The molecule has 4 unspecified atom stereocenters. The molecule has 0 spiro atoms. The van der Waals surface area contributed by atoms with Gasteiger partial charge < -0.3 is 55.6 Å². The summed E-state index contributed by atoms with van der Waals surface area (Å²) in [7, 11) is -16.4. The monoisotopic (exact) mass is 1050 g/mol. The fourth-order valence-corrected chi connectivity index (χ4v) is 10.9. The van der Waals surface area contributed by atoms with Crippen molar-refractivity contribution in [1.29, 1.82) is 0 Å². The van der Waals surface area contributed by atoms with Crippen LogP contribution in [0, 0.1) is 5.41 Å². The molecule has 4 heterocycles. The molecular formula is C39H68N7O18P3S. The molecule has 388 valence electrons. The highest BCUT2D eigenvalue weighted by molar-refractivity contribution is 8.13. The number of nitrogens with two attached hydrogens (primary N) is 1. The fraction of sp³-hybridized carbons (Fsp3) is 0.795. The van der Waals surface area contributed by atoms with Crippen LogP contribution in [-0.4, -0.2) is 135 Å². The van der Waals surface area contributed by atoms with E-state index in [1.54, 1.807) is 0 Å². The third-order valence-electron chi connectivity index (χ3n) is 11.2. The van der Waals surface area contributed by atoms with Gasteiger partial charge in [0.25, 0.3) is 0 Å². The van der Waals surface area contributed by atoms with E-state index < -0.39 is 84.6 Å². The number of phosphoric acid groups is 3. The number of amides is 2. The first-order valence-electron chi connectivity index (χ1n) is 22.7. The van der Waals surface area contributed by atoms with E-state index in [9.17, 15) is 57.9 Å². The summed E-state index contributed by atoms with van der Waals surface area (Å²) in [5.41, 5.74) is 4.28. The number of epoxide rings is 1. The number of rotatable bonds is 34. The highest BCUT2D eigenvalue weighted by Crippen LogP contribution is 2.61. The molecule has 0 aromatic carbocycles. The zero-order chi connectivity index (χ0) is 50.1. The van der Waals surface area contributed by atoms with Gasteiger partial charge in [-0.1, -0.05) is 96.7 Å². The Morgan fingerprint density at radius 2 is 1.49 bits per heavy atom. The van der Waals surface area contributed by atoms with Gasteiger partial charge in [0.2, 0.25) is 11.8 Å². The number of aromatic nitrogens is 4. The minimum absolute atomic E-state index is 0.0326. The summed E-state index contributed by atoms with van der Waals surface area (Å²) in [5.74, 6) is -1.04. The number of nitrogens with zero attached hydrogens (tertiary/aromatic N) is 4. The topological polar surface area (TPSA) is 376 Å². The van der Waals surface area contributed by atoms with Gasteiger partial charge in [-0.05, 0) is 19.3 Å². The molecule has 2 aromatic rings. The van der Waals surface area contributed by atoms with Crippen LogP contribution < -0.4 is 16.4 Å². The number of aliphatic hydroxyl groups is 2. The molecule has 10 N–H and O–H groups in total. The molecule has 0 bridgehead atoms. The standard InChI is InChI=1S/C39H68N7O18P3S/c1-4-5-6-7-9-12-15-26-27(61-26)16-13-10-8-11-14-17-30(48)68-21-20-41-29(47)18-19-42-37(51)34(50)39(2,3)23-60-67(57,58)64-66(55,56)59-22-28-33(63-65(52,53)54)32(49)38(62-28)46-25-45-31-35(40)43-24-44-36(31)46/h24-28,32-34,38,49-50H,4-23H2,1-3H3,(H,41,47)(H,42,51)(H,55,56)(H,57,58)(H2,40,43,44)(H2,52,53,54)/t26?,27?,28-,32-,33-,34+,38-/m1/s1. The second-order valence-corrected chi connectivity index (χ2v) is 22.8. The molecule has 0 radical (unpaired) electrons. The predicted molar refractivity (Wildman–Crippen MR) is 246 cm³/mol. The van der Waals surface area contributed by atoms with E-state index in [0.717, 1.165) is 67.5 Å². The summed E-state index contributed by atoms with van der Waals surface area (Å²) >= 11 is 1.15. The van der Waals surface area contributed by atoms with Gasteiger partial charge in [0.1, 0.15) is 36.3 Å². The van der Waals surface area contributed by atoms with Crippen molar-refractivity contribution in [3.05, 3.63) is 12.7 Å². The zero-order valence-electron chi connectivity index (χ0n) is 38.5. The van der Waals surface area contributed by atoms with E-state index in [-0.39, 0.29) is 41.6 Å². The van der Waals surface area contributed by atoms with Crippen LogP contribution in [0.25, 0.3) is 11.2 Å². The Morgan fingerprint density at radius 1 is 0.853 bits per heavy atom. The van der Waals surface area contributed by atoms with Gasteiger partial charge in [0.05, 0.1) is 31.7 Å². The second kappa shape index (κ2) is 27.4. The predicted octanol–water partition coefficient (Wildman–Crippen LogP) is 3.91. The van der Waals surface area contributed by atoms with Crippen LogP contribution in [-0.2, 0) is 55.4 Å². The van der Waals surface area contributed by atoms with Crippen LogP contribution in [0.4, 0.5) is 5.82 Å². The number of imidazole rings is 1. The molecule has 2 amide bonds. The molecule has 29 heteroatoms. The number of fused-ring (bicyclic) bond motifs is 1. The van der Waals surface area contributed by atoms with Crippen molar-refractivity contribution >= 4 is 69.1 Å². The number of hydrogen-bond donors (Lipinski definition) is 9. The average molecular weight is 1050 g/mol. The lowest BCUT2D eigenvalue weighted by atomic mass is 9.87. The Hall–Kier alpha value is -2.48. The number of carbonyl (C=O) groups is 3. The van der Waals surface area contributed by atoms with Crippen LogP contribution in [0.1, 0.15) is 123 Å². The van der Waals surface area contributed by atoms with Crippen molar-refractivity contribution in [1.82, 2.24) is 30.2 Å². The molecule has 68 heavy (non-hydrogen) atoms. The first kappa shape index (κ1) is 58.1. The molecule has 0 aliphatic carbocycles. The van der Waals surface area contributed by atoms with E-state index in [1.165, 1.54) is 58.8 Å². The normalized spacial score (nSPS) is 23.0. The lowest BCUT2D eigenvalue weighted by Crippen LogP contribution is -2.46. The van der Waals surface area contributed by atoms with Crippen LogP contribution in [0.15, 0.2) is 12.7 Å². The smallest absolute Gasteiger partial charge is 0.386 e. The van der Waals surface area contributed by atoms with Gasteiger partial charge in [0, 0.05) is 37.1 Å². The lowest BCUT2D eigenvalue weighted by Gasteiger charge is -2.30. The van der Waals surface area contributed by atoms with E-state index in [4.69, 9.17) is 24.3 Å². The Kier molecular flexibility index (Phi) is 23.4. The quantitative estimate of drug-likeness (QED) is 0.0272. The number of nitrogens with one attached hydrogen (secondary N) is 2. The number of phosphoric ester groups is 3. The van der Waals surface area contributed by atoms with E-state index in [1.807, 2.05) is 0 Å². The zero-order valence-corrected chi connectivity index (χ0v) is 42.0. The van der Waals surface area contributed by atoms with E-state index >= 15 is 0 Å². The highest BCUT2D eigenvalue weighted by Gasteiger charge is 2.50. The first-order chi connectivity index (χ1) is 32.0. The molecule has 9 atom stereocenters. The summed E-state index contributed by atoms with van der Waals surface area (Å²) in [5, 5.41) is 26.7. The van der Waals surface area contributed by atoms with E-state index in [2.05, 4.69) is 41.3 Å². The largest absolute Gasteiger partial charge is 0.481 e. The van der Waals surface area contributed by atoms with Crippen molar-refractivity contribution < 1.29 is 85.2 Å².